The Morgan fingerprint density at radius 1 is 1.50 bits per heavy atom. The van der Waals surface area contributed by atoms with E-state index in [9.17, 15) is 4.79 Å². The zero-order chi connectivity index (χ0) is 11.4. The van der Waals surface area contributed by atoms with Crippen molar-refractivity contribution in [2.75, 3.05) is 0 Å². The van der Waals surface area contributed by atoms with E-state index in [1.54, 1.807) is 12.3 Å². The van der Waals surface area contributed by atoms with Crippen LogP contribution in [0.1, 0.15) is 16.2 Å². The summed E-state index contributed by atoms with van der Waals surface area (Å²) < 4.78 is 4.57. The molecular weight excluding hydrogens is 230 g/mol. The van der Waals surface area contributed by atoms with Crippen LogP contribution in [0.2, 0.25) is 0 Å². The van der Waals surface area contributed by atoms with E-state index >= 15 is 0 Å². The van der Waals surface area contributed by atoms with E-state index in [0.29, 0.717) is 16.6 Å². The lowest BCUT2D eigenvalue weighted by molar-refractivity contribution is 0.0692. The number of rotatable bonds is 4. The Labute approximate surface area is 94.7 Å². The number of nitrogens with zero attached hydrogens (tertiary/aromatic N) is 3. The number of thioether (sulfide) groups is 1. The van der Waals surface area contributed by atoms with Gasteiger partial charge in [-0.15, -0.1) is 0 Å². The van der Waals surface area contributed by atoms with Gasteiger partial charge < -0.3 is 9.63 Å². The van der Waals surface area contributed by atoms with Gasteiger partial charge in [0.2, 0.25) is 6.39 Å². The molecule has 0 radical (unpaired) electrons. The number of carboxylic acids is 1. The number of carboxylic acid groups (broad SMARTS) is 1. The molecule has 0 aliphatic carbocycles. The molecule has 0 aromatic carbocycles. The first kappa shape index (κ1) is 10.6. The summed E-state index contributed by atoms with van der Waals surface area (Å²) in [6, 6.07) is 3.09. The maximum absolute atomic E-state index is 10.9. The highest BCUT2D eigenvalue weighted by molar-refractivity contribution is 7.98. The third-order valence-corrected chi connectivity index (χ3v) is 2.75. The maximum atomic E-state index is 10.9. The largest absolute Gasteiger partial charge is 0.478 e. The summed E-state index contributed by atoms with van der Waals surface area (Å²) in [5, 5.41) is 13.0. The topological polar surface area (TPSA) is 89.1 Å². The predicted molar refractivity (Wildman–Crippen MR) is 55.1 cm³/mol. The van der Waals surface area contributed by atoms with Gasteiger partial charge in [0.1, 0.15) is 5.03 Å². The van der Waals surface area contributed by atoms with Gasteiger partial charge in [-0.05, 0) is 12.1 Å². The van der Waals surface area contributed by atoms with E-state index in [1.165, 1.54) is 24.2 Å². The molecule has 2 aromatic heterocycles. The Balaban J connectivity index is 2.12. The van der Waals surface area contributed by atoms with Crippen LogP contribution < -0.4 is 0 Å². The highest BCUT2D eigenvalue weighted by Gasteiger charge is 2.11. The SMILES string of the molecule is O=C(O)c1cccnc1SCc1ncon1. The smallest absolute Gasteiger partial charge is 0.338 e. The van der Waals surface area contributed by atoms with Crippen LogP contribution in [0.5, 0.6) is 0 Å². The summed E-state index contributed by atoms with van der Waals surface area (Å²) in [6.07, 6.45) is 2.78. The quantitative estimate of drug-likeness (QED) is 0.805. The zero-order valence-corrected chi connectivity index (χ0v) is 8.85. The Kier molecular flexibility index (Phi) is 3.16. The molecule has 16 heavy (non-hydrogen) atoms. The molecule has 0 unspecified atom stereocenters. The molecule has 0 atom stereocenters. The van der Waals surface area contributed by atoms with E-state index in [2.05, 4.69) is 19.6 Å². The van der Waals surface area contributed by atoms with Crippen LogP contribution in [0.25, 0.3) is 0 Å². The Hall–Kier alpha value is -1.89. The zero-order valence-electron chi connectivity index (χ0n) is 8.03. The maximum Gasteiger partial charge on any atom is 0.338 e. The number of hydrogen-bond donors (Lipinski definition) is 1. The van der Waals surface area contributed by atoms with Crippen molar-refractivity contribution in [2.45, 2.75) is 10.8 Å². The van der Waals surface area contributed by atoms with Gasteiger partial charge in [-0.2, -0.15) is 4.98 Å². The van der Waals surface area contributed by atoms with Gasteiger partial charge >= 0.3 is 5.97 Å². The Bertz CT molecular complexity index is 487. The number of aromatic carboxylic acids is 1. The number of hydrogen-bond acceptors (Lipinski definition) is 6. The molecule has 6 nitrogen and oxygen atoms in total. The molecule has 2 rings (SSSR count). The van der Waals surface area contributed by atoms with Gasteiger partial charge in [0.25, 0.3) is 0 Å². The van der Waals surface area contributed by atoms with E-state index in [1.807, 2.05) is 0 Å². The van der Waals surface area contributed by atoms with Gasteiger partial charge in [-0.3, -0.25) is 0 Å². The molecule has 1 N–H and O–H groups in total. The Morgan fingerprint density at radius 2 is 2.38 bits per heavy atom. The number of carbonyl (C=O) groups is 1. The fourth-order valence-electron chi connectivity index (χ4n) is 1.06. The highest BCUT2D eigenvalue weighted by atomic mass is 32.2. The van der Waals surface area contributed by atoms with Gasteiger partial charge in [-0.1, -0.05) is 16.9 Å². The predicted octanol–water partition coefficient (Wildman–Crippen LogP) is 1.46. The van der Waals surface area contributed by atoms with Crippen LogP contribution in [0.3, 0.4) is 0 Å². The third kappa shape index (κ3) is 2.37. The first-order chi connectivity index (χ1) is 7.77. The van der Waals surface area contributed by atoms with Gasteiger partial charge in [-0.25, -0.2) is 9.78 Å². The van der Waals surface area contributed by atoms with Gasteiger partial charge in [0.15, 0.2) is 5.82 Å². The molecule has 0 fully saturated rings. The van der Waals surface area contributed by atoms with Gasteiger partial charge in [0, 0.05) is 6.20 Å². The van der Waals surface area contributed by atoms with Crippen LogP contribution in [-0.4, -0.2) is 26.2 Å². The van der Waals surface area contributed by atoms with Crippen molar-refractivity contribution in [3.05, 3.63) is 36.1 Å². The molecule has 0 aliphatic rings. The number of pyridine rings is 1. The summed E-state index contributed by atoms with van der Waals surface area (Å²) >= 11 is 1.26. The first-order valence-corrected chi connectivity index (χ1v) is 5.32. The fraction of sp³-hybridized carbons (Fsp3) is 0.111. The second kappa shape index (κ2) is 4.75. The van der Waals surface area contributed by atoms with E-state index in [0.717, 1.165) is 0 Å². The lowest BCUT2D eigenvalue weighted by Crippen LogP contribution is -2.00. The van der Waals surface area contributed by atoms with E-state index in [4.69, 9.17) is 5.11 Å². The summed E-state index contributed by atoms with van der Waals surface area (Å²) in [4.78, 5) is 18.7. The lowest BCUT2D eigenvalue weighted by Gasteiger charge is -2.01. The minimum Gasteiger partial charge on any atom is -0.478 e. The molecular formula is C9H7N3O3S. The molecule has 0 spiro atoms. The second-order valence-electron chi connectivity index (χ2n) is 2.80. The average molecular weight is 237 g/mol. The molecule has 0 amide bonds. The van der Waals surface area contributed by atoms with Crippen LogP contribution in [0, 0.1) is 0 Å². The second-order valence-corrected chi connectivity index (χ2v) is 3.76. The molecule has 0 saturated carbocycles. The lowest BCUT2D eigenvalue weighted by atomic mass is 10.3. The summed E-state index contributed by atoms with van der Waals surface area (Å²) in [6.45, 7) is 0. The van der Waals surface area contributed by atoms with Crippen molar-refractivity contribution >= 4 is 17.7 Å². The summed E-state index contributed by atoms with van der Waals surface area (Å²) in [5.74, 6) is -0.0657. The average Bonchev–Trinajstić information content (AvgIpc) is 2.79. The van der Waals surface area contributed by atoms with Crippen molar-refractivity contribution in [3.63, 3.8) is 0 Å². The van der Waals surface area contributed by atoms with Crippen LogP contribution in [-0.2, 0) is 5.75 Å². The van der Waals surface area contributed by atoms with Crippen LogP contribution >= 0.6 is 11.8 Å². The molecule has 0 saturated heterocycles. The Morgan fingerprint density at radius 3 is 3.06 bits per heavy atom. The standard InChI is InChI=1S/C9H7N3O3S/c13-9(14)6-2-1-3-10-8(6)16-4-7-11-5-15-12-7/h1-3,5H,4H2,(H,13,14). The first-order valence-electron chi connectivity index (χ1n) is 4.33. The van der Waals surface area contributed by atoms with Gasteiger partial charge in [0.05, 0.1) is 11.3 Å². The third-order valence-electron chi connectivity index (χ3n) is 1.75. The molecule has 2 heterocycles. The van der Waals surface area contributed by atoms with E-state index < -0.39 is 5.97 Å². The minimum absolute atomic E-state index is 0.177. The summed E-state index contributed by atoms with van der Waals surface area (Å²) in [7, 11) is 0. The number of aromatic nitrogens is 3. The van der Waals surface area contributed by atoms with Crippen molar-refractivity contribution in [3.8, 4) is 0 Å². The fourth-order valence-corrected chi connectivity index (χ4v) is 1.90. The molecule has 7 heteroatoms. The van der Waals surface area contributed by atoms with Crippen molar-refractivity contribution < 1.29 is 14.4 Å². The normalized spacial score (nSPS) is 10.2. The highest BCUT2D eigenvalue weighted by Crippen LogP contribution is 2.22. The summed E-state index contributed by atoms with van der Waals surface area (Å²) in [5.41, 5.74) is 0.177. The minimum atomic E-state index is -0.997. The van der Waals surface area contributed by atoms with Crippen molar-refractivity contribution in [1.82, 2.24) is 15.1 Å². The monoisotopic (exact) mass is 237 g/mol. The van der Waals surface area contributed by atoms with Crippen LogP contribution in [0.15, 0.2) is 34.3 Å². The molecule has 2 aromatic rings. The van der Waals surface area contributed by atoms with Crippen molar-refractivity contribution in [2.24, 2.45) is 0 Å². The van der Waals surface area contributed by atoms with Crippen molar-refractivity contribution in [1.29, 1.82) is 0 Å². The molecule has 82 valence electrons. The molecule has 0 aliphatic heterocycles. The molecule has 0 bridgehead atoms. The van der Waals surface area contributed by atoms with E-state index in [-0.39, 0.29) is 5.56 Å². The van der Waals surface area contributed by atoms with Crippen LogP contribution in [0.4, 0.5) is 0 Å².